The van der Waals surface area contributed by atoms with Gasteiger partial charge in [0.25, 0.3) is 0 Å². The van der Waals surface area contributed by atoms with Crippen LogP contribution in [-0.4, -0.2) is 24.2 Å². The number of nitrogens with zero attached hydrogens (tertiary/aromatic N) is 1. The molecule has 2 aliphatic heterocycles. The van der Waals surface area contributed by atoms with Crippen molar-refractivity contribution < 1.29 is 4.79 Å². The van der Waals surface area contributed by atoms with Gasteiger partial charge in [0.2, 0.25) is 5.91 Å². The van der Waals surface area contributed by atoms with Crippen molar-refractivity contribution in [1.82, 2.24) is 10.7 Å². The van der Waals surface area contributed by atoms with Gasteiger partial charge in [-0.2, -0.15) is 5.10 Å². The molecule has 14 heavy (non-hydrogen) atoms. The summed E-state index contributed by atoms with van der Waals surface area (Å²) in [4.78, 5) is 11.5. The highest BCUT2D eigenvalue weighted by Crippen LogP contribution is 2.23. The zero-order valence-corrected chi connectivity index (χ0v) is 8.71. The first-order valence-corrected chi connectivity index (χ1v) is 5.31. The van der Waals surface area contributed by atoms with Crippen LogP contribution in [0.15, 0.2) is 5.10 Å². The molecule has 78 valence electrons. The molecule has 1 amide bonds. The lowest BCUT2D eigenvalue weighted by molar-refractivity contribution is -0.126. The molecule has 2 N–H and O–H groups in total. The van der Waals surface area contributed by atoms with E-state index in [0.29, 0.717) is 5.92 Å². The van der Waals surface area contributed by atoms with Crippen LogP contribution < -0.4 is 10.7 Å². The molecule has 2 atom stereocenters. The van der Waals surface area contributed by atoms with Gasteiger partial charge in [-0.15, -0.1) is 0 Å². The largest absolute Gasteiger partial charge is 0.308 e. The number of carbonyl (C=O) groups excluding carboxylic acids is 1. The molecule has 0 spiro atoms. The number of fused-ring (bicyclic) bond motifs is 1. The minimum Gasteiger partial charge on any atom is -0.308 e. The van der Waals surface area contributed by atoms with Crippen LogP contribution >= 0.6 is 0 Å². The van der Waals surface area contributed by atoms with E-state index in [1.807, 2.05) is 0 Å². The Bertz CT molecular complexity index is 273. The molecule has 2 heterocycles. The zero-order valence-electron chi connectivity index (χ0n) is 8.71. The van der Waals surface area contributed by atoms with E-state index in [1.54, 1.807) is 0 Å². The summed E-state index contributed by atoms with van der Waals surface area (Å²) in [7, 11) is 0. The zero-order chi connectivity index (χ0) is 10.1. The molecule has 0 aromatic heterocycles. The Labute approximate surface area is 84.1 Å². The number of nitrogens with one attached hydrogen (secondary N) is 2. The van der Waals surface area contributed by atoms with Gasteiger partial charge in [-0.3, -0.25) is 4.79 Å². The summed E-state index contributed by atoms with van der Waals surface area (Å²) in [5, 5.41) is 7.54. The molecule has 0 aliphatic carbocycles. The van der Waals surface area contributed by atoms with Gasteiger partial charge >= 0.3 is 0 Å². The third-order valence-corrected chi connectivity index (χ3v) is 3.00. The number of carbonyl (C=O) groups is 1. The molecule has 1 fully saturated rings. The number of hydrogen-bond acceptors (Lipinski definition) is 3. The number of rotatable bonds is 1. The van der Waals surface area contributed by atoms with E-state index in [4.69, 9.17) is 0 Å². The van der Waals surface area contributed by atoms with E-state index >= 15 is 0 Å². The fraction of sp³-hybridized carbons (Fsp3) is 0.800. The maximum absolute atomic E-state index is 11.5. The molecular formula is C10H17N3O. The van der Waals surface area contributed by atoms with Crippen LogP contribution in [0.4, 0.5) is 0 Å². The van der Waals surface area contributed by atoms with Gasteiger partial charge in [0.15, 0.2) is 0 Å². The van der Waals surface area contributed by atoms with Gasteiger partial charge in [-0.25, -0.2) is 5.43 Å². The van der Waals surface area contributed by atoms with Crippen molar-refractivity contribution in [3.63, 3.8) is 0 Å². The highest BCUT2D eigenvalue weighted by Gasteiger charge is 2.37. The van der Waals surface area contributed by atoms with Gasteiger partial charge in [-0.05, 0) is 25.3 Å². The molecule has 0 bridgehead atoms. The lowest BCUT2D eigenvalue weighted by Gasteiger charge is -2.36. The molecule has 0 saturated carbocycles. The van der Waals surface area contributed by atoms with E-state index in [0.717, 1.165) is 25.1 Å². The van der Waals surface area contributed by atoms with Crippen LogP contribution in [0.1, 0.15) is 26.7 Å². The monoisotopic (exact) mass is 195 g/mol. The van der Waals surface area contributed by atoms with Crippen LogP contribution in [0, 0.1) is 11.8 Å². The van der Waals surface area contributed by atoms with Crippen LogP contribution in [0.5, 0.6) is 0 Å². The molecule has 1 saturated heterocycles. The van der Waals surface area contributed by atoms with E-state index in [-0.39, 0.29) is 17.9 Å². The Hall–Kier alpha value is -0.900. The fourth-order valence-electron chi connectivity index (χ4n) is 2.24. The summed E-state index contributed by atoms with van der Waals surface area (Å²) in [6, 6.07) is 0.178. The number of hydrazone groups is 1. The van der Waals surface area contributed by atoms with Crippen molar-refractivity contribution in [1.29, 1.82) is 0 Å². The summed E-state index contributed by atoms with van der Waals surface area (Å²) in [6.07, 6.45) is 2.06. The molecule has 0 aromatic rings. The minimum atomic E-state index is 0.0756. The first kappa shape index (κ1) is 9.65. The fourth-order valence-corrected chi connectivity index (χ4v) is 2.24. The third kappa shape index (κ3) is 1.54. The van der Waals surface area contributed by atoms with Gasteiger partial charge in [-0.1, -0.05) is 13.8 Å². The van der Waals surface area contributed by atoms with Crippen LogP contribution in [0.25, 0.3) is 0 Å². The molecule has 0 radical (unpaired) electrons. The third-order valence-electron chi connectivity index (χ3n) is 3.00. The van der Waals surface area contributed by atoms with Crippen molar-refractivity contribution in [2.45, 2.75) is 32.7 Å². The van der Waals surface area contributed by atoms with Crippen LogP contribution in [0.2, 0.25) is 0 Å². The molecule has 4 nitrogen and oxygen atoms in total. The Morgan fingerprint density at radius 3 is 3.00 bits per heavy atom. The van der Waals surface area contributed by atoms with Crippen molar-refractivity contribution in [3.05, 3.63) is 0 Å². The highest BCUT2D eigenvalue weighted by molar-refractivity contribution is 5.99. The maximum Gasteiger partial charge on any atom is 0.245 e. The van der Waals surface area contributed by atoms with E-state index < -0.39 is 0 Å². The number of amides is 1. The molecule has 2 unspecified atom stereocenters. The average molecular weight is 195 g/mol. The summed E-state index contributed by atoms with van der Waals surface area (Å²) in [6.45, 7) is 5.23. The van der Waals surface area contributed by atoms with Gasteiger partial charge in [0, 0.05) is 0 Å². The first-order valence-electron chi connectivity index (χ1n) is 5.31. The lowest BCUT2D eigenvalue weighted by atomic mass is 9.83. The second-order valence-electron chi connectivity index (χ2n) is 4.35. The van der Waals surface area contributed by atoms with Crippen LogP contribution in [-0.2, 0) is 4.79 Å². The van der Waals surface area contributed by atoms with Crippen molar-refractivity contribution >= 4 is 11.6 Å². The quantitative estimate of drug-likeness (QED) is 0.640. The summed E-state index contributed by atoms with van der Waals surface area (Å²) in [5.74, 6) is 0.568. The number of piperidine rings is 1. The molecular weight excluding hydrogens is 178 g/mol. The molecule has 2 rings (SSSR count). The van der Waals surface area contributed by atoms with Gasteiger partial charge in [0.05, 0.1) is 17.7 Å². The topological polar surface area (TPSA) is 53.5 Å². The Morgan fingerprint density at radius 2 is 2.29 bits per heavy atom. The SMILES string of the molecule is CC(C)C1=NNC(=O)C2CCCNC12. The predicted octanol–water partition coefficient (Wildman–Crippen LogP) is 0.496. The van der Waals surface area contributed by atoms with Crippen molar-refractivity contribution in [3.8, 4) is 0 Å². The van der Waals surface area contributed by atoms with Crippen molar-refractivity contribution in [2.24, 2.45) is 16.9 Å². The van der Waals surface area contributed by atoms with Crippen molar-refractivity contribution in [2.75, 3.05) is 6.54 Å². The highest BCUT2D eigenvalue weighted by atomic mass is 16.2. The average Bonchev–Trinajstić information content (AvgIpc) is 2.18. The van der Waals surface area contributed by atoms with Gasteiger partial charge < -0.3 is 5.32 Å². The predicted molar refractivity (Wildman–Crippen MR) is 54.9 cm³/mol. The van der Waals surface area contributed by atoms with E-state index in [9.17, 15) is 4.79 Å². The molecule has 2 aliphatic rings. The number of hydrogen-bond donors (Lipinski definition) is 2. The Balaban J connectivity index is 2.23. The molecule has 4 heteroatoms. The normalized spacial score (nSPS) is 32.2. The lowest BCUT2D eigenvalue weighted by Crippen LogP contribution is -2.56. The standard InChI is InChI=1S/C10H17N3O/c1-6(2)8-9-7(4-3-5-11-9)10(14)13-12-8/h6-7,9,11H,3-5H2,1-2H3,(H,13,14). The minimum absolute atomic E-state index is 0.0756. The summed E-state index contributed by atoms with van der Waals surface area (Å²) in [5.41, 5.74) is 3.71. The van der Waals surface area contributed by atoms with Gasteiger partial charge in [0.1, 0.15) is 0 Å². The Kier molecular flexibility index (Phi) is 2.54. The maximum atomic E-state index is 11.5. The smallest absolute Gasteiger partial charge is 0.245 e. The van der Waals surface area contributed by atoms with E-state index in [2.05, 4.69) is 29.7 Å². The summed E-state index contributed by atoms with van der Waals surface area (Å²) >= 11 is 0. The van der Waals surface area contributed by atoms with E-state index in [1.165, 1.54) is 0 Å². The summed E-state index contributed by atoms with van der Waals surface area (Å²) < 4.78 is 0. The second kappa shape index (κ2) is 3.69. The Morgan fingerprint density at radius 1 is 1.50 bits per heavy atom. The second-order valence-corrected chi connectivity index (χ2v) is 4.35. The van der Waals surface area contributed by atoms with Crippen LogP contribution in [0.3, 0.4) is 0 Å². The first-order chi connectivity index (χ1) is 6.70. The molecule has 0 aromatic carbocycles.